The van der Waals surface area contributed by atoms with E-state index in [9.17, 15) is 19.5 Å². The number of carbonyl (C=O) groups is 3. The van der Waals surface area contributed by atoms with Crippen molar-refractivity contribution in [1.82, 2.24) is 10.2 Å². The van der Waals surface area contributed by atoms with Crippen LogP contribution in [-0.2, 0) is 38.6 Å². The highest BCUT2D eigenvalue weighted by Gasteiger charge is 2.40. The molecule has 1 aliphatic heterocycles. The molecule has 0 bridgehead atoms. The Morgan fingerprint density at radius 3 is 2.29 bits per heavy atom. The minimum atomic E-state index is -1.13. The third-order valence-corrected chi connectivity index (χ3v) is 5.58. The van der Waals surface area contributed by atoms with E-state index in [2.05, 4.69) is 5.32 Å². The second-order valence-corrected chi connectivity index (χ2v) is 9.42. The van der Waals surface area contributed by atoms with Gasteiger partial charge in [0.15, 0.2) is 0 Å². The van der Waals surface area contributed by atoms with Crippen molar-refractivity contribution in [2.75, 3.05) is 0 Å². The van der Waals surface area contributed by atoms with Gasteiger partial charge in [-0.25, -0.2) is 9.59 Å². The lowest BCUT2D eigenvalue weighted by Crippen LogP contribution is -2.59. The maximum absolute atomic E-state index is 13.7. The van der Waals surface area contributed by atoms with Crippen LogP contribution in [0.3, 0.4) is 0 Å². The number of amides is 2. The molecule has 0 aliphatic carbocycles. The standard InChI is InChI=1S/C26H32N2O6/c1-17(33-16-18-10-6-5-7-11-18)22(27-25(32)34-26(2,3)4)23(29)28-15-20-13-9-8-12-19(20)14-21(28)24(30)31/h5-13,17,21-22H,14-16H2,1-4H3,(H,27,32)(H,30,31)/t17?,21-,22?/m1/s1. The Morgan fingerprint density at radius 1 is 1.06 bits per heavy atom. The van der Waals surface area contributed by atoms with Crippen LogP contribution in [0.1, 0.15) is 44.4 Å². The number of carbonyl (C=O) groups excluding carboxylic acids is 2. The molecule has 0 saturated carbocycles. The molecule has 1 heterocycles. The molecule has 0 saturated heterocycles. The number of alkyl carbamates (subject to hydrolysis) is 1. The molecular formula is C26H32N2O6. The molecule has 0 spiro atoms. The van der Waals surface area contributed by atoms with Crippen molar-refractivity contribution >= 4 is 18.0 Å². The van der Waals surface area contributed by atoms with E-state index in [0.717, 1.165) is 16.7 Å². The molecule has 34 heavy (non-hydrogen) atoms. The first-order valence-electron chi connectivity index (χ1n) is 11.3. The molecule has 182 valence electrons. The lowest BCUT2D eigenvalue weighted by molar-refractivity contribution is -0.154. The van der Waals surface area contributed by atoms with Crippen molar-refractivity contribution < 1.29 is 29.0 Å². The van der Waals surface area contributed by atoms with Crippen LogP contribution in [0.25, 0.3) is 0 Å². The highest BCUT2D eigenvalue weighted by Crippen LogP contribution is 2.25. The molecule has 0 fully saturated rings. The SMILES string of the molecule is CC(OCc1ccccc1)C(NC(=O)OC(C)(C)C)C(=O)N1Cc2ccccc2C[C@@H]1C(=O)O. The van der Waals surface area contributed by atoms with Gasteiger partial charge in [0, 0.05) is 13.0 Å². The largest absolute Gasteiger partial charge is 0.480 e. The average Bonchev–Trinajstić information content (AvgIpc) is 2.79. The summed E-state index contributed by atoms with van der Waals surface area (Å²) in [6.45, 7) is 7.20. The van der Waals surface area contributed by atoms with Gasteiger partial charge in [0.05, 0.1) is 12.7 Å². The zero-order valence-electron chi connectivity index (χ0n) is 20.0. The first-order chi connectivity index (χ1) is 16.0. The molecule has 0 radical (unpaired) electrons. The Bertz CT molecular complexity index is 1020. The van der Waals surface area contributed by atoms with Crippen LogP contribution in [0.5, 0.6) is 0 Å². The van der Waals surface area contributed by atoms with Crippen molar-refractivity contribution in [1.29, 1.82) is 0 Å². The van der Waals surface area contributed by atoms with Crippen LogP contribution in [0.2, 0.25) is 0 Å². The lowest BCUT2D eigenvalue weighted by Gasteiger charge is -2.38. The predicted octanol–water partition coefficient (Wildman–Crippen LogP) is 3.52. The molecule has 2 aromatic carbocycles. The number of aliphatic carboxylic acids is 1. The summed E-state index contributed by atoms with van der Waals surface area (Å²) >= 11 is 0. The second-order valence-electron chi connectivity index (χ2n) is 9.42. The van der Waals surface area contributed by atoms with Crippen LogP contribution in [0.15, 0.2) is 54.6 Å². The minimum Gasteiger partial charge on any atom is -0.480 e. The van der Waals surface area contributed by atoms with Crippen molar-refractivity contribution in [2.24, 2.45) is 0 Å². The van der Waals surface area contributed by atoms with E-state index >= 15 is 0 Å². The molecular weight excluding hydrogens is 436 g/mol. The van der Waals surface area contributed by atoms with E-state index < -0.39 is 41.8 Å². The summed E-state index contributed by atoms with van der Waals surface area (Å²) in [5.74, 6) is -1.63. The second kappa shape index (κ2) is 10.7. The summed E-state index contributed by atoms with van der Waals surface area (Å²) in [6, 6.07) is 14.7. The molecule has 0 aromatic heterocycles. The van der Waals surface area contributed by atoms with Crippen LogP contribution in [0, 0.1) is 0 Å². The van der Waals surface area contributed by atoms with Crippen LogP contribution in [0.4, 0.5) is 4.79 Å². The number of carboxylic acids is 1. The number of ether oxygens (including phenoxy) is 2. The fourth-order valence-electron chi connectivity index (χ4n) is 3.87. The maximum atomic E-state index is 13.7. The molecule has 1 aliphatic rings. The average molecular weight is 469 g/mol. The van der Waals surface area contributed by atoms with Gasteiger partial charge in [-0.1, -0.05) is 54.6 Å². The number of nitrogens with one attached hydrogen (secondary N) is 1. The number of benzene rings is 2. The van der Waals surface area contributed by atoms with Gasteiger partial charge in [-0.05, 0) is 44.4 Å². The van der Waals surface area contributed by atoms with Crippen molar-refractivity contribution in [3.8, 4) is 0 Å². The highest BCUT2D eigenvalue weighted by atomic mass is 16.6. The smallest absolute Gasteiger partial charge is 0.408 e. The summed E-state index contributed by atoms with van der Waals surface area (Å²) in [6.07, 6.45) is -1.33. The Hall–Kier alpha value is -3.39. The molecule has 8 nitrogen and oxygen atoms in total. The van der Waals surface area contributed by atoms with Crippen molar-refractivity contribution in [3.05, 3.63) is 71.3 Å². The molecule has 2 amide bonds. The summed E-state index contributed by atoms with van der Waals surface area (Å²) in [5, 5.41) is 12.5. The van der Waals surface area contributed by atoms with Gasteiger partial charge in [-0.15, -0.1) is 0 Å². The topological polar surface area (TPSA) is 105 Å². The normalized spacial score (nSPS) is 17.3. The van der Waals surface area contributed by atoms with Gasteiger partial charge in [-0.2, -0.15) is 0 Å². The first kappa shape index (κ1) is 25.2. The number of fused-ring (bicyclic) bond motifs is 1. The van der Waals surface area contributed by atoms with Crippen LogP contribution < -0.4 is 5.32 Å². The number of carboxylic acid groups (broad SMARTS) is 1. The molecule has 2 aromatic rings. The van der Waals surface area contributed by atoms with Gasteiger partial charge >= 0.3 is 12.1 Å². The summed E-state index contributed by atoms with van der Waals surface area (Å²) in [5.41, 5.74) is 1.92. The van der Waals surface area contributed by atoms with E-state index in [0.29, 0.717) is 0 Å². The zero-order valence-corrected chi connectivity index (χ0v) is 20.0. The van der Waals surface area contributed by atoms with Gasteiger partial charge in [0.2, 0.25) is 5.91 Å². The fraction of sp³-hybridized carbons (Fsp3) is 0.423. The van der Waals surface area contributed by atoms with E-state index in [4.69, 9.17) is 9.47 Å². The highest BCUT2D eigenvalue weighted by molar-refractivity contribution is 5.90. The fourth-order valence-corrected chi connectivity index (χ4v) is 3.87. The van der Waals surface area contributed by atoms with E-state index in [1.54, 1.807) is 27.7 Å². The summed E-state index contributed by atoms with van der Waals surface area (Å²) < 4.78 is 11.3. The van der Waals surface area contributed by atoms with Crippen molar-refractivity contribution in [3.63, 3.8) is 0 Å². The van der Waals surface area contributed by atoms with Gasteiger partial charge < -0.3 is 24.8 Å². The Balaban J connectivity index is 1.84. The maximum Gasteiger partial charge on any atom is 0.408 e. The van der Waals surface area contributed by atoms with E-state index in [1.165, 1.54) is 4.90 Å². The minimum absolute atomic E-state index is 0.129. The predicted molar refractivity (Wildman–Crippen MR) is 126 cm³/mol. The van der Waals surface area contributed by atoms with Crippen molar-refractivity contribution in [2.45, 2.75) is 71.1 Å². The summed E-state index contributed by atoms with van der Waals surface area (Å²) in [4.78, 5) is 39.6. The Kier molecular flexibility index (Phi) is 7.94. The van der Waals surface area contributed by atoms with Gasteiger partial charge in [-0.3, -0.25) is 4.79 Å². The first-order valence-corrected chi connectivity index (χ1v) is 11.3. The molecule has 8 heteroatoms. The molecule has 3 rings (SSSR count). The number of hydrogen-bond donors (Lipinski definition) is 2. The third kappa shape index (κ3) is 6.57. The third-order valence-electron chi connectivity index (χ3n) is 5.58. The Labute approximate surface area is 199 Å². The quantitative estimate of drug-likeness (QED) is 0.644. The lowest BCUT2D eigenvalue weighted by atomic mass is 9.93. The Morgan fingerprint density at radius 2 is 1.68 bits per heavy atom. The molecule has 2 unspecified atom stereocenters. The van der Waals surface area contributed by atoms with E-state index in [1.807, 2.05) is 54.6 Å². The monoisotopic (exact) mass is 468 g/mol. The van der Waals surface area contributed by atoms with Crippen LogP contribution in [-0.4, -0.2) is 51.8 Å². The molecule has 2 N–H and O–H groups in total. The number of hydrogen-bond acceptors (Lipinski definition) is 5. The summed E-state index contributed by atoms with van der Waals surface area (Å²) in [7, 11) is 0. The van der Waals surface area contributed by atoms with Crippen LogP contribution >= 0.6 is 0 Å². The van der Waals surface area contributed by atoms with E-state index in [-0.39, 0.29) is 19.6 Å². The number of rotatable bonds is 7. The van der Waals surface area contributed by atoms with Gasteiger partial charge in [0.1, 0.15) is 17.7 Å². The van der Waals surface area contributed by atoms with Gasteiger partial charge in [0.25, 0.3) is 0 Å². The number of nitrogens with zero attached hydrogens (tertiary/aromatic N) is 1. The molecule has 3 atom stereocenters. The zero-order chi connectivity index (χ0) is 24.9.